The van der Waals surface area contributed by atoms with E-state index < -0.39 is 5.91 Å². The number of urea groups is 1. The van der Waals surface area contributed by atoms with Gasteiger partial charge in [0, 0.05) is 105 Å². The number of thiophene rings is 1. The molecule has 4 aromatic rings. The number of morpholine rings is 1. The van der Waals surface area contributed by atoms with Crippen LogP contribution in [0, 0.1) is 0 Å². The highest BCUT2D eigenvalue weighted by atomic mass is 32.2. The van der Waals surface area contributed by atoms with Crippen LogP contribution in [-0.2, 0) is 38.1 Å². The van der Waals surface area contributed by atoms with Gasteiger partial charge in [0.15, 0.2) is 11.6 Å². The number of hydrogen-bond acceptors (Lipinski definition) is 17. The van der Waals surface area contributed by atoms with E-state index in [0.717, 1.165) is 69.6 Å². The first-order valence-electron chi connectivity index (χ1n) is 28.9. The number of hydrogen-bond donors (Lipinski definition) is 7. The number of ether oxygens (including phenoxy) is 5. The van der Waals surface area contributed by atoms with Crippen LogP contribution in [0.1, 0.15) is 85.9 Å². The van der Waals surface area contributed by atoms with E-state index in [0.29, 0.717) is 159 Å². The van der Waals surface area contributed by atoms with E-state index in [2.05, 4.69) is 55.5 Å². The number of unbranched alkanes of at least 4 members (excludes halogenated alkanes) is 1. The molecule has 0 unspecified atom stereocenters. The van der Waals surface area contributed by atoms with E-state index in [1.165, 1.54) is 0 Å². The van der Waals surface area contributed by atoms with Crippen molar-refractivity contribution in [3.8, 4) is 22.9 Å². The van der Waals surface area contributed by atoms with Gasteiger partial charge < -0.3 is 70.5 Å². The Morgan fingerprint density at radius 2 is 1.47 bits per heavy atom. The first kappa shape index (κ1) is 62.2. The van der Waals surface area contributed by atoms with Gasteiger partial charge in [0.05, 0.1) is 74.2 Å². The third-order valence-corrected chi connectivity index (χ3v) is 17.1. The number of phenolic OH excluding ortho intramolecular Hbond substituents is 1. The summed E-state index contributed by atoms with van der Waals surface area (Å²) in [6.45, 7) is 11.3. The minimum atomic E-state index is -0.432. The van der Waals surface area contributed by atoms with Crippen molar-refractivity contribution in [3.63, 3.8) is 0 Å². The summed E-state index contributed by atoms with van der Waals surface area (Å²) in [4.78, 5) is 89.8. The minimum absolute atomic E-state index is 0.0529. The quantitative estimate of drug-likeness (QED) is 0.0165. The molecule has 0 aliphatic carbocycles. The van der Waals surface area contributed by atoms with Crippen LogP contribution in [0.2, 0.25) is 0 Å². The van der Waals surface area contributed by atoms with Crippen LogP contribution in [0.3, 0.4) is 0 Å². The number of nitrogens with zero attached hydrogens (tertiary/aromatic N) is 4. The summed E-state index contributed by atoms with van der Waals surface area (Å²) in [5, 5.41) is 28.0. The van der Waals surface area contributed by atoms with Crippen LogP contribution >= 0.6 is 23.1 Å². The average Bonchev–Trinajstić information content (AvgIpc) is 4.05. The Kier molecular flexibility index (Phi) is 24.6. The highest BCUT2D eigenvalue weighted by molar-refractivity contribution is 8.00. The maximum atomic E-state index is 13.9. The lowest BCUT2D eigenvalue weighted by molar-refractivity contribution is -0.123. The Hall–Kier alpha value is -6.83. The molecule has 83 heavy (non-hydrogen) atoms. The maximum absolute atomic E-state index is 13.9. The average molecular weight is 1180 g/mol. The molecule has 3 atom stereocenters. The molecule has 2 aromatic carbocycles. The van der Waals surface area contributed by atoms with Crippen molar-refractivity contribution >= 4 is 86.0 Å². The fourth-order valence-electron chi connectivity index (χ4n) is 9.94. The molecule has 3 fully saturated rings. The molecule has 0 saturated carbocycles. The molecular formula is C59H78N10O12S2. The lowest BCUT2D eigenvalue weighted by Gasteiger charge is -2.28. The van der Waals surface area contributed by atoms with E-state index in [9.17, 15) is 33.9 Å². The van der Waals surface area contributed by atoms with Gasteiger partial charge in [-0.15, -0.1) is 11.3 Å². The third-order valence-electron chi connectivity index (χ3n) is 14.4. The number of phenols is 1. The van der Waals surface area contributed by atoms with Crippen LogP contribution in [0.5, 0.6) is 11.5 Å². The predicted molar refractivity (Wildman–Crippen MR) is 320 cm³/mol. The molecule has 24 heteroatoms. The number of aromatic nitrogens is 2. The fraction of sp³-hybridized carbons (Fsp3) is 0.525. The molecule has 7 amide bonds. The van der Waals surface area contributed by atoms with Gasteiger partial charge in [-0.2, -0.15) is 11.8 Å². The number of nitrogens with one attached hydrogen (secondary N) is 6. The van der Waals surface area contributed by atoms with Crippen molar-refractivity contribution in [3.05, 3.63) is 77.7 Å². The van der Waals surface area contributed by atoms with Gasteiger partial charge in [-0.05, 0) is 93.0 Å². The zero-order chi connectivity index (χ0) is 58.2. The second-order valence-electron chi connectivity index (χ2n) is 20.5. The molecule has 4 aliphatic heterocycles. The van der Waals surface area contributed by atoms with Crippen molar-refractivity contribution < 1.29 is 57.6 Å². The second-order valence-corrected chi connectivity index (χ2v) is 22.8. The first-order chi connectivity index (χ1) is 40.5. The predicted octanol–water partition coefficient (Wildman–Crippen LogP) is 5.80. The summed E-state index contributed by atoms with van der Waals surface area (Å²) in [5.74, 6) is 1.89. The SMILES string of the molecule is C=CC(=O)Nc1ccc(C(=O)N2CC=C(c3cc4nc(-c5cccc(O)c5)nc(N5CCOCC5)c4s3)CC2)cc1OCCCNC(=O)CCCC(=O)NCCCOCCOCCOCCCNC(=O)CCCC[C@H]1SC[C@H]2NC(=O)N[C@H]21. The van der Waals surface area contributed by atoms with Crippen molar-refractivity contribution in [2.24, 2.45) is 0 Å². The van der Waals surface area contributed by atoms with Crippen molar-refractivity contribution in [2.45, 2.75) is 88.0 Å². The molecule has 0 spiro atoms. The Labute approximate surface area is 492 Å². The number of rotatable bonds is 34. The van der Waals surface area contributed by atoms with Crippen molar-refractivity contribution in [1.82, 2.24) is 41.5 Å². The molecule has 4 aliphatic rings. The largest absolute Gasteiger partial charge is 0.508 e. The smallest absolute Gasteiger partial charge is 0.315 e. The van der Waals surface area contributed by atoms with Crippen LogP contribution < -0.4 is 41.5 Å². The van der Waals surface area contributed by atoms with Gasteiger partial charge in [0.2, 0.25) is 23.6 Å². The standard InChI is InChI=1S/C59H78N10O12S2/c1-2-50(71)63-44-17-16-42(58(75)69-23-18-40(19-24-69)49-38-45-55(83-49)57(68-25-30-79-31-26-68)67-56(64-45)41-10-5-11-43(70)36-41)37-47(44)81-29-9-22-62-53(74)15-6-14-52(73)61-21-8-28-78-33-35-80-34-32-77-27-7-20-60-51(72)13-4-3-12-48-54-46(39-82-48)65-59(76)66-54/h2,5,10-11,16-18,36-38,46,48,54,70H,1,3-4,6-9,12-15,19-35,39H2,(H,60,72)(H,61,73)(H,62,74)(H,63,71)(H2,65,66,76)/t46-,48-,54-/m1/s1. The first-order valence-corrected chi connectivity index (χ1v) is 30.7. The van der Waals surface area contributed by atoms with Gasteiger partial charge in [0.25, 0.3) is 5.91 Å². The highest BCUT2D eigenvalue weighted by Crippen LogP contribution is 2.39. The summed E-state index contributed by atoms with van der Waals surface area (Å²) >= 11 is 3.53. The molecule has 6 heterocycles. The lowest BCUT2D eigenvalue weighted by atomic mass is 10.0. The van der Waals surface area contributed by atoms with E-state index in [1.807, 2.05) is 17.8 Å². The molecule has 448 valence electrons. The monoisotopic (exact) mass is 1180 g/mol. The number of thioether (sulfide) groups is 1. The fourth-order valence-corrected chi connectivity index (χ4v) is 12.7. The number of anilines is 2. The third kappa shape index (κ3) is 19.4. The normalized spacial score (nSPS) is 17.5. The summed E-state index contributed by atoms with van der Waals surface area (Å²) in [6, 6.07) is 14.3. The Balaban J connectivity index is 0.645. The number of aromatic hydroxyl groups is 1. The second kappa shape index (κ2) is 32.9. The summed E-state index contributed by atoms with van der Waals surface area (Å²) in [5.41, 5.74) is 3.43. The van der Waals surface area contributed by atoms with E-state index in [4.69, 9.17) is 33.7 Å². The van der Waals surface area contributed by atoms with Gasteiger partial charge in [0.1, 0.15) is 11.5 Å². The highest BCUT2D eigenvalue weighted by Gasteiger charge is 2.42. The molecule has 2 aromatic heterocycles. The topological polar surface area (TPSA) is 273 Å². The van der Waals surface area contributed by atoms with Crippen LogP contribution in [-0.4, -0.2) is 184 Å². The number of amides is 7. The van der Waals surface area contributed by atoms with Gasteiger partial charge >= 0.3 is 6.03 Å². The zero-order valence-corrected chi connectivity index (χ0v) is 48.7. The number of benzene rings is 2. The van der Waals surface area contributed by atoms with Crippen molar-refractivity contribution in [2.75, 3.05) is 121 Å². The van der Waals surface area contributed by atoms with Crippen LogP contribution in [0.25, 0.3) is 27.2 Å². The number of carbonyl (C=O) groups is 6. The molecule has 3 saturated heterocycles. The van der Waals surface area contributed by atoms with E-state index in [-0.39, 0.29) is 66.9 Å². The van der Waals surface area contributed by atoms with Gasteiger partial charge in [-0.25, -0.2) is 14.8 Å². The summed E-state index contributed by atoms with van der Waals surface area (Å²) < 4.78 is 29.4. The Morgan fingerprint density at radius 1 is 0.783 bits per heavy atom. The summed E-state index contributed by atoms with van der Waals surface area (Å²) in [6.07, 6.45) is 9.76. The van der Waals surface area contributed by atoms with Gasteiger partial charge in [-0.3, -0.25) is 24.0 Å². The molecule has 8 rings (SSSR count). The van der Waals surface area contributed by atoms with Crippen LogP contribution in [0.15, 0.2) is 67.3 Å². The minimum Gasteiger partial charge on any atom is -0.508 e. The molecule has 0 bridgehead atoms. The molecular weight excluding hydrogens is 1100 g/mol. The Bertz CT molecular complexity index is 2880. The zero-order valence-electron chi connectivity index (χ0n) is 47.1. The number of carbonyl (C=O) groups excluding carboxylic acids is 6. The lowest BCUT2D eigenvalue weighted by Crippen LogP contribution is -2.36. The maximum Gasteiger partial charge on any atom is 0.315 e. The van der Waals surface area contributed by atoms with Crippen molar-refractivity contribution in [1.29, 1.82) is 0 Å². The molecule has 7 N–H and O–H groups in total. The molecule has 0 radical (unpaired) electrons. The van der Waals surface area contributed by atoms with Gasteiger partial charge in [-0.1, -0.05) is 31.2 Å². The molecule has 22 nitrogen and oxygen atoms in total. The van der Waals surface area contributed by atoms with Crippen LogP contribution in [0.4, 0.5) is 16.3 Å². The summed E-state index contributed by atoms with van der Waals surface area (Å²) in [7, 11) is 0. The number of fused-ring (bicyclic) bond motifs is 2. The van der Waals surface area contributed by atoms with E-state index in [1.54, 1.807) is 52.6 Å². The van der Waals surface area contributed by atoms with E-state index >= 15 is 0 Å². The Morgan fingerprint density at radius 3 is 2.14 bits per heavy atom.